The van der Waals surface area contributed by atoms with E-state index < -0.39 is 73.4 Å². The summed E-state index contributed by atoms with van der Waals surface area (Å²) in [5.41, 5.74) is 0. The Labute approximate surface area is 254 Å². The average molecular weight is 623 g/mol. The summed E-state index contributed by atoms with van der Waals surface area (Å²) in [6.07, 6.45) is 0.712. The Bertz CT molecular complexity index is 783. The Morgan fingerprint density at radius 2 is 0.953 bits per heavy atom. The Balaban J connectivity index is 1.64. The summed E-state index contributed by atoms with van der Waals surface area (Å²) < 4.78 is 21.2. The summed E-state index contributed by atoms with van der Waals surface area (Å²) >= 11 is 0. The molecule has 7 N–H and O–H groups in total. The number of carboxylic acid groups (broad SMARTS) is 2. The number of aliphatic hydroxyl groups is 5. The van der Waals surface area contributed by atoms with Gasteiger partial charge in [-0.1, -0.05) is 103 Å². The van der Waals surface area contributed by atoms with Gasteiger partial charge in [0.15, 0.2) is 24.8 Å². The van der Waals surface area contributed by atoms with Crippen molar-refractivity contribution in [1.82, 2.24) is 0 Å². The fourth-order valence-electron chi connectivity index (χ4n) is 5.49. The summed E-state index contributed by atoms with van der Waals surface area (Å²) in [4.78, 5) is 23.2. The van der Waals surface area contributed by atoms with Crippen LogP contribution in [0.25, 0.3) is 0 Å². The van der Waals surface area contributed by atoms with Crippen LogP contribution in [0.3, 0.4) is 0 Å². The summed E-state index contributed by atoms with van der Waals surface area (Å²) in [7, 11) is 0. The molecule has 10 atom stereocenters. The van der Waals surface area contributed by atoms with Crippen LogP contribution in [0.15, 0.2) is 0 Å². The predicted octanol–water partition coefficient (Wildman–Crippen LogP) is 2.07. The largest absolute Gasteiger partial charge is 0.479 e. The second-order valence-corrected chi connectivity index (χ2v) is 11.8. The Kier molecular flexibility index (Phi) is 18.1. The molecule has 2 heterocycles. The molecule has 13 nitrogen and oxygen atoms in total. The first kappa shape index (κ1) is 37.8. The Hall–Kier alpha value is -1.42. The second kappa shape index (κ2) is 20.6. The van der Waals surface area contributed by atoms with Crippen molar-refractivity contribution in [3.05, 3.63) is 0 Å². The van der Waals surface area contributed by atoms with E-state index >= 15 is 0 Å². The van der Waals surface area contributed by atoms with Crippen LogP contribution in [0.2, 0.25) is 0 Å². The van der Waals surface area contributed by atoms with E-state index in [1.807, 2.05) is 0 Å². The molecule has 2 fully saturated rings. The average Bonchev–Trinajstić information content (AvgIpc) is 2.97. The fraction of sp³-hybridized carbons (Fsp3) is 0.933. The maximum atomic E-state index is 11.9. The van der Waals surface area contributed by atoms with Crippen molar-refractivity contribution in [3.8, 4) is 0 Å². The molecule has 0 bridgehead atoms. The summed E-state index contributed by atoms with van der Waals surface area (Å²) in [5, 5.41) is 69.9. The lowest BCUT2D eigenvalue weighted by Crippen LogP contribution is -2.65. The molecule has 13 heteroatoms. The lowest BCUT2D eigenvalue weighted by atomic mass is 9.96. The molecule has 0 spiro atoms. The zero-order chi connectivity index (χ0) is 31.8. The fourth-order valence-corrected chi connectivity index (χ4v) is 5.49. The molecule has 252 valence electrons. The minimum atomic E-state index is -1.99. The van der Waals surface area contributed by atoms with E-state index in [2.05, 4.69) is 6.92 Å². The highest BCUT2D eigenvalue weighted by Gasteiger charge is 2.53. The first-order valence-electron chi connectivity index (χ1n) is 16.0. The van der Waals surface area contributed by atoms with Crippen LogP contribution in [0.5, 0.6) is 0 Å². The van der Waals surface area contributed by atoms with E-state index in [9.17, 15) is 45.3 Å². The van der Waals surface area contributed by atoms with E-state index in [0.29, 0.717) is 6.42 Å². The van der Waals surface area contributed by atoms with Crippen LogP contribution in [-0.4, -0.2) is 116 Å². The third kappa shape index (κ3) is 12.5. The minimum absolute atomic E-state index is 0.166. The third-order valence-corrected chi connectivity index (χ3v) is 8.17. The molecule has 2 aliphatic heterocycles. The van der Waals surface area contributed by atoms with Crippen LogP contribution in [0.4, 0.5) is 0 Å². The molecule has 0 aliphatic carbocycles. The SMILES string of the molecule is CCCCCCCCCCCCCCCCCCO[C@@H]1O[C@H](C(=O)O)[C@H](O[C@@H]2O[C@H](C(=O)O)[C@@H](O)[C@H](O)[C@H]2O)[C@H](O)[C@H]1O. The van der Waals surface area contributed by atoms with Gasteiger partial charge in [-0.05, 0) is 6.42 Å². The van der Waals surface area contributed by atoms with Gasteiger partial charge >= 0.3 is 11.9 Å². The molecule has 0 aromatic carbocycles. The number of ether oxygens (including phenoxy) is 4. The summed E-state index contributed by atoms with van der Waals surface area (Å²) in [6, 6.07) is 0. The number of carbonyl (C=O) groups is 2. The lowest BCUT2D eigenvalue weighted by molar-refractivity contribution is -0.350. The number of rotatable bonds is 22. The first-order valence-corrected chi connectivity index (χ1v) is 16.0. The van der Waals surface area contributed by atoms with Crippen molar-refractivity contribution in [2.75, 3.05) is 6.61 Å². The maximum absolute atomic E-state index is 11.9. The van der Waals surface area contributed by atoms with Crippen LogP contribution in [-0.2, 0) is 28.5 Å². The van der Waals surface area contributed by atoms with E-state index in [4.69, 9.17) is 18.9 Å². The van der Waals surface area contributed by atoms with Gasteiger partial charge in [-0.15, -0.1) is 0 Å². The number of aliphatic carboxylic acids is 2. The highest BCUT2D eigenvalue weighted by Crippen LogP contribution is 2.30. The van der Waals surface area contributed by atoms with E-state index in [1.165, 1.54) is 77.0 Å². The van der Waals surface area contributed by atoms with Gasteiger partial charge in [-0.2, -0.15) is 0 Å². The standard InChI is InChI=1S/C30H54O13/c1-2-3-4-5-6-7-8-9-10-11-12-13-14-15-16-17-18-40-29-23(35)21(33)24(26(43-29)28(38)39)41-30-22(34)19(31)20(32)25(42-30)27(36)37/h19-26,29-35H,2-18H2,1H3,(H,36,37)(H,38,39)/t19-,20-,21+,22+,23+,24+,25-,26-,29+,30+/m0/s1. The van der Waals surface area contributed by atoms with Crippen LogP contribution in [0, 0.1) is 0 Å². The zero-order valence-corrected chi connectivity index (χ0v) is 25.4. The van der Waals surface area contributed by atoms with Gasteiger partial charge in [0.2, 0.25) is 0 Å². The topological polar surface area (TPSA) is 213 Å². The van der Waals surface area contributed by atoms with Gasteiger partial charge in [0.05, 0.1) is 0 Å². The monoisotopic (exact) mass is 622 g/mol. The molecule has 0 radical (unpaired) electrons. The Morgan fingerprint density at radius 1 is 0.535 bits per heavy atom. The van der Waals surface area contributed by atoms with Crippen molar-refractivity contribution < 1.29 is 64.3 Å². The molecule has 2 aliphatic rings. The number of hydrogen-bond acceptors (Lipinski definition) is 11. The van der Waals surface area contributed by atoms with E-state index in [-0.39, 0.29) is 6.61 Å². The van der Waals surface area contributed by atoms with Crippen molar-refractivity contribution in [2.45, 2.75) is 171 Å². The summed E-state index contributed by atoms with van der Waals surface area (Å²) in [6.45, 7) is 2.40. The Morgan fingerprint density at radius 3 is 1.42 bits per heavy atom. The second-order valence-electron chi connectivity index (χ2n) is 11.8. The van der Waals surface area contributed by atoms with E-state index in [0.717, 1.165) is 19.3 Å². The molecular weight excluding hydrogens is 568 g/mol. The molecule has 0 aromatic rings. The van der Waals surface area contributed by atoms with Gasteiger partial charge < -0.3 is 54.7 Å². The van der Waals surface area contributed by atoms with Gasteiger partial charge in [-0.25, -0.2) is 9.59 Å². The van der Waals surface area contributed by atoms with Gasteiger partial charge in [0.25, 0.3) is 0 Å². The maximum Gasteiger partial charge on any atom is 0.335 e. The number of carboxylic acids is 2. The van der Waals surface area contributed by atoms with Crippen LogP contribution >= 0.6 is 0 Å². The van der Waals surface area contributed by atoms with Crippen LogP contribution < -0.4 is 0 Å². The number of aliphatic hydroxyl groups excluding tert-OH is 5. The molecule has 0 unspecified atom stereocenters. The van der Waals surface area contributed by atoms with Gasteiger partial charge in [-0.3, -0.25) is 0 Å². The smallest absolute Gasteiger partial charge is 0.335 e. The predicted molar refractivity (Wildman–Crippen MR) is 153 cm³/mol. The highest BCUT2D eigenvalue weighted by molar-refractivity contribution is 5.74. The molecule has 2 rings (SSSR count). The minimum Gasteiger partial charge on any atom is -0.479 e. The molecule has 43 heavy (non-hydrogen) atoms. The summed E-state index contributed by atoms with van der Waals surface area (Å²) in [5.74, 6) is -3.24. The lowest BCUT2D eigenvalue weighted by Gasteiger charge is -2.44. The molecule has 0 amide bonds. The molecular formula is C30H54O13. The van der Waals surface area contributed by atoms with E-state index in [1.54, 1.807) is 0 Å². The number of hydrogen-bond donors (Lipinski definition) is 7. The molecule has 0 aromatic heterocycles. The van der Waals surface area contributed by atoms with Crippen molar-refractivity contribution in [2.24, 2.45) is 0 Å². The van der Waals surface area contributed by atoms with Crippen molar-refractivity contribution in [1.29, 1.82) is 0 Å². The normalized spacial score (nSPS) is 33.0. The van der Waals surface area contributed by atoms with Crippen LogP contribution in [0.1, 0.15) is 110 Å². The quantitative estimate of drug-likeness (QED) is 0.0863. The van der Waals surface area contributed by atoms with Crippen molar-refractivity contribution >= 4 is 11.9 Å². The van der Waals surface area contributed by atoms with Gasteiger partial charge in [0, 0.05) is 6.61 Å². The van der Waals surface area contributed by atoms with Gasteiger partial charge in [0.1, 0.15) is 36.6 Å². The zero-order valence-electron chi connectivity index (χ0n) is 25.4. The highest BCUT2D eigenvalue weighted by atomic mass is 16.7. The number of unbranched alkanes of at least 4 members (excludes halogenated alkanes) is 15. The molecule has 2 saturated heterocycles. The third-order valence-electron chi connectivity index (χ3n) is 8.17. The molecule has 0 saturated carbocycles. The van der Waals surface area contributed by atoms with Crippen molar-refractivity contribution in [3.63, 3.8) is 0 Å². The first-order chi connectivity index (χ1) is 20.6.